The highest BCUT2D eigenvalue weighted by molar-refractivity contribution is 5.28. The van der Waals surface area contributed by atoms with Crippen molar-refractivity contribution in [3.63, 3.8) is 0 Å². The van der Waals surface area contributed by atoms with Crippen molar-refractivity contribution in [3.8, 4) is 0 Å². The first-order chi connectivity index (χ1) is 7.99. The number of aliphatic hydroxyl groups is 1. The fourth-order valence-electron chi connectivity index (χ4n) is 2.17. The minimum Gasteiger partial charge on any atom is -0.385 e. The lowest BCUT2D eigenvalue weighted by molar-refractivity contribution is 0.00415. The van der Waals surface area contributed by atoms with Gasteiger partial charge in [0, 0.05) is 19.1 Å². The molecule has 1 N–H and O–H groups in total. The molecule has 0 aromatic heterocycles. The molecule has 2 heteroatoms. The van der Waals surface area contributed by atoms with Gasteiger partial charge in [0.25, 0.3) is 0 Å². The van der Waals surface area contributed by atoms with Gasteiger partial charge in [0.1, 0.15) is 0 Å². The Hall–Kier alpha value is -0.860. The van der Waals surface area contributed by atoms with Gasteiger partial charge in [0.15, 0.2) is 0 Å². The molecule has 1 heterocycles. The molecule has 0 unspecified atom stereocenters. The first kappa shape index (κ1) is 14.2. The quantitative estimate of drug-likeness (QED) is 0.757. The first-order valence-electron chi connectivity index (χ1n) is 6.45. The number of piperidine rings is 1. The molecule has 17 heavy (non-hydrogen) atoms. The van der Waals surface area contributed by atoms with Crippen molar-refractivity contribution >= 4 is 0 Å². The van der Waals surface area contributed by atoms with Crippen LogP contribution in [0.2, 0.25) is 0 Å². The molecule has 1 aliphatic rings. The van der Waals surface area contributed by atoms with Crippen LogP contribution >= 0.6 is 0 Å². The molecule has 0 aromatic carbocycles. The number of allylic oxidation sites excluding steroid dienone is 3. The summed E-state index contributed by atoms with van der Waals surface area (Å²) in [5.41, 5.74) is 0.128. The zero-order valence-corrected chi connectivity index (χ0v) is 11.3. The molecule has 0 spiro atoms. The van der Waals surface area contributed by atoms with E-state index in [2.05, 4.69) is 25.3 Å². The lowest BCUT2D eigenvalue weighted by atomic mass is 9.84. The smallest absolute Gasteiger partial charge is 0.0915 e. The largest absolute Gasteiger partial charge is 0.385 e. The maximum atomic E-state index is 10.5. The van der Waals surface area contributed by atoms with E-state index in [1.165, 1.54) is 0 Å². The predicted octanol–water partition coefficient (Wildman–Crippen LogP) is 2.91. The molecule has 0 bridgehead atoms. The summed E-state index contributed by atoms with van der Waals surface area (Å²) in [6, 6.07) is 0.561. The number of hydrogen-bond acceptors (Lipinski definition) is 2. The van der Waals surface area contributed by atoms with Crippen molar-refractivity contribution in [1.82, 2.24) is 4.90 Å². The van der Waals surface area contributed by atoms with Crippen molar-refractivity contribution in [2.75, 3.05) is 13.1 Å². The first-order valence-corrected chi connectivity index (χ1v) is 6.45. The van der Waals surface area contributed by atoms with Crippen LogP contribution in [0.1, 0.15) is 33.6 Å². The maximum absolute atomic E-state index is 10.5. The molecule has 96 valence electrons. The van der Waals surface area contributed by atoms with E-state index in [-0.39, 0.29) is 0 Å². The minimum absolute atomic E-state index is 0.561. The van der Waals surface area contributed by atoms with Gasteiger partial charge < -0.3 is 10.0 Å². The monoisotopic (exact) mass is 235 g/mol. The summed E-state index contributed by atoms with van der Waals surface area (Å²) in [5.74, 6) is 0. The van der Waals surface area contributed by atoms with E-state index in [4.69, 9.17) is 0 Å². The van der Waals surface area contributed by atoms with E-state index >= 15 is 0 Å². The third kappa shape index (κ3) is 3.83. The van der Waals surface area contributed by atoms with E-state index in [0.29, 0.717) is 6.04 Å². The fourth-order valence-corrected chi connectivity index (χ4v) is 2.17. The second-order valence-electron chi connectivity index (χ2n) is 5.07. The standard InChI is InChI=1S/C15H25NO/c1-5-6-7-8-14(4)15(17)9-11-16(12-10-15)13(2)3/h5-8,13,17H,4,9-12H2,1-3H3/b6-5-,8-7-. The highest BCUT2D eigenvalue weighted by atomic mass is 16.3. The van der Waals surface area contributed by atoms with E-state index in [1.54, 1.807) is 0 Å². The highest BCUT2D eigenvalue weighted by Crippen LogP contribution is 2.30. The topological polar surface area (TPSA) is 23.5 Å². The zero-order chi connectivity index (χ0) is 12.9. The minimum atomic E-state index is -0.705. The van der Waals surface area contributed by atoms with Gasteiger partial charge in [-0.05, 0) is 39.2 Å². The summed E-state index contributed by atoms with van der Waals surface area (Å²) in [4.78, 5) is 2.40. The van der Waals surface area contributed by atoms with Crippen LogP contribution in [0.15, 0.2) is 36.5 Å². The molecule has 0 aliphatic carbocycles. The molecule has 0 amide bonds. The predicted molar refractivity (Wildman–Crippen MR) is 74.0 cm³/mol. The van der Waals surface area contributed by atoms with Gasteiger partial charge in [-0.2, -0.15) is 0 Å². The average molecular weight is 235 g/mol. The highest BCUT2D eigenvalue weighted by Gasteiger charge is 2.34. The lowest BCUT2D eigenvalue weighted by Gasteiger charge is -2.40. The van der Waals surface area contributed by atoms with Crippen LogP contribution in [0.5, 0.6) is 0 Å². The fraction of sp³-hybridized carbons (Fsp3) is 0.600. The molecule has 1 fully saturated rings. The van der Waals surface area contributed by atoms with E-state index in [1.807, 2.05) is 31.2 Å². The SMILES string of the molecule is C=C(/C=C\C=C/C)C1(O)CCN(C(C)C)CC1. The molecule has 0 saturated carbocycles. The van der Waals surface area contributed by atoms with Crippen LogP contribution in [0.4, 0.5) is 0 Å². The van der Waals surface area contributed by atoms with Gasteiger partial charge in [0.05, 0.1) is 5.60 Å². The van der Waals surface area contributed by atoms with Crippen molar-refractivity contribution in [2.24, 2.45) is 0 Å². The summed E-state index contributed by atoms with van der Waals surface area (Å²) in [6.45, 7) is 12.3. The molecular weight excluding hydrogens is 210 g/mol. The maximum Gasteiger partial charge on any atom is 0.0915 e. The average Bonchev–Trinajstić information content (AvgIpc) is 2.29. The Morgan fingerprint density at radius 3 is 2.35 bits per heavy atom. The van der Waals surface area contributed by atoms with Gasteiger partial charge in [0.2, 0.25) is 0 Å². The summed E-state index contributed by atoms with van der Waals surface area (Å²) >= 11 is 0. The summed E-state index contributed by atoms with van der Waals surface area (Å²) in [5, 5.41) is 10.5. The van der Waals surface area contributed by atoms with Gasteiger partial charge in [-0.15, -0.1) is 0 Å². The number of likely N-dealkylation sites (tertiary alicyclic amines) is 1. The van der Waals surface area contributed by atoms with Gasteiger partial charge >= 0.3 is 0 Å². The molecule has 1 saturated heterocycles. The molecule has 0 atom stereocenters. The summed E-state index contributed by atoms with van der Waals surface area (Å²) in [6.07, 6.45) is 9.35. The Morgan fingerprint density at radius 1 is 1.29 bits per heavy atom. The van der Waals surface area contributed by atoms with Gasteiger partial charge in [-0.1, -0.05) is 30.9 Å². The van der Waals surface area contributed by atoms with Gasteiger partial charge in [-0.25, -0.2) is 0 Å². The van der Waals surface area contributed by atoms with Crippen molar-refractivity contribution in [2.45, 2.75) is 45.3 Å². The van der Waals surface area contributed by atoms with E-state index in [9.17, 15) is 5.11 Å². The van der Waals surface area contributed by atoms with Crippen LogP contribution < -0.4 is 0 Å². The summed E-state index contributed by atoms with van der Waals surface area (Å²) in [7, 11) is 0. The number of nitrogens with zero attached hydrogens (tertiary/aromatic N) is 1. The van der Waals surface area contributed by atoms with Crippen molar-refractivity contribution in [3.05, 3.63) is 36.5 Å². The number of hydrogen-bond donors (Lipinski definition) is 1. The molecular formula is C15H25NO. The Balaban J connectivity index is 2.57. The third-order valence-corrected chi connectivity index (χ3v) is 3.55. The lowest BCUT2D eigenvalue weighted by Crippen LogP contribution is -2.47. The molecule has 1 rings (SSSR count). The van der Waals surface area contributed by atoms with Crippen LogP contribution in [-0.2, 0) is 0 Å². The van der Waals surface area contributed by atoms with Gasteiger partial charge in [-0.3, -0.25) is 0 Å². The van der Waals surface area contributed by atoms with E-state index in [0.717, 1.165) is 31.5 Å². The van der Waals surface area contributed by atoms with Crippen molar-refractivity contribution < 1.29 is 5.11 Å². The van der Waals surface area contributed by atoms with Crippen LogP contribution in [0.25, 0.3) is 0 Å². The van der Waals surface area contributed by atoms with E-state index < -0.39 is 5.60 Å². The molecule has 2 nitrogen and oxygen atoms in total. The van der Waals surface area contributed by atoms with Crippen LogP contribution in [-0.4, -0.2) is 34.7 Å². The molecule has 1 aliphatic heterocycles. The Morgan fingerprint density at radius 2 is 1.88 bits per heavy atom. The third-order valence-electron chi connectivity index (χ3n) is 3.55. The normalized spacial score (nSPS) is 21.7. The summed E-state index contributed by atoms with van der Waals surface area (Å²) < 4.78 is 0. The molecule has 0 radical (unpaired) electrons. The Bertz CT molecular complexity index is 307. The Kier molecular flexibility index (Phi) is 5.16. The second kappa shape index (κ2) is 6.18. The number of rotatable bonds is 4. The Labute approximate surface area is 105 Å². The zero-order valence-electron chi connectivity index (χ0n) is 11.3. The van der Waals surface area contributed by atoms with Crippen LogP contribution in [0.3, 0.4) is 0 Å². The van der Waals surface area contributed by atoms with Crippen LogP contribution in [0, 0.1) is 0 Å². The van der Waals surface area contributed by atoms with Crippen molar-refractivity contribution in [1.29, 1.82) is 0 Å². The molecule has 0 aromatic rings. The second-order valence-corrected chi connectivity index (χ2v) is 5.07.